The minimum atomic E-state index is -0.949. The van der Waals surface area contributed by atoms with Crippen LogP contribution in [0.15, 0.2) is 12.4 Å². The third kappa shape index (κ3) is 5.58. The molecule has 0 radical (unpaired) electrons. The molecule has 0 spiro atoms. The molecule has 1 aromatic rings. The van der Waals surface area contributed by atoms with Gasteiger partial charge in [0.25, 0.3) is 5.91 Å². The fraction of sp³-hybridized carbons (Fsp3) is 0.647. The highest BCUT2D eigenvalue weighted by atomic mass is 16.4. The Bertz CT molecular complexity index is 622. The standard InChI is InChI=1S/C17H26N4O4/c1-12(17(24)25)9-20(2)16(23)13-8-18-21(10-13)11-15(22)19-14-6-4-3-5-7-14/h8,10,12,14H,3-7,9,11H2,1-2H3,(H,19,22)(H,24,25). The van der Waals surface area contributed by atoms with Gasteiger partial charge in [0.15, 0.2) is 0 Å². The van der Waals surface area contributed by atoms with Gasteiger partial charge in [0.05, 0.1) is 17.7 Å². The highest BCUT2D eigenvalue weighted by Gasteiger charge is 2.20. The van der Waals surface area contributed by atoms with Crippen LogP contribution in [0.2, 0.25) is 0 Å². The van der Waals surface area contributed by atoms with Crippen molar-refractivity contribution < 1.29 is 19.5 Å². The number of aliphatic carboxylic acids is 1. The zero-order valence-corrected chi connectivity index (χ0v) is 14.8. The van der Waals surface area contributed by atoms with Crippen molar-refractivity contribution >= 4 is 17.8 Å². The zero-order chi connectivity index (χ0) is 18.4. The lowest BCUT2D eigenvalue weighted by Gasteiger charge is -2.22. The number of carboxylic acid groups (broad SMARTS) is 1. The summed E-state index contributed by atoms with van der Waals surface area (Å²) in [5, 5.41) is 16.0. The van der Waals surface area contributed by atoms with Crippen molar-refractivity contribution in [3.8, 4) is 0 Å². The third-order valence-corrected chi connectivity index (χ3v) is 4.47. The molecule has 1 aliphatic rings. The van der Waals surface area contributed by atoms with Gasteiger partial charge < -0.3 is 15.3 Å². The molecule has 0 saturated heterocycles. The van der Waals surface area contributed by atoms with Crippen molar-refractivity contribution in [1.29, 1.82) is 0 Å². The summed E-state index contributed by atoms with van der Waals surface area (Å²) in [6, 6.07) is 0.238. The molecule has 0 aliphatic heterocycles. The summed E-state index contributed by atoms with van der Waals surface area (Å²) in [7, 11) is 1.55. The second-order valence-corrected chi connectivity index (χ2v) is 6.75. The fourth-order valence-electron chi connectivity index (χ4n) is 3.02. The Kier molecular flexibility index (Phi) is 6.55. The lowest BCUT2D eigenvalue weighted by molar-refractivity contribution is -0.141. The van der Waals surface area contributed by atoms with E-state index in [1.165, 1.54) is 28.4 Å². The van der Waals surface area contributed by atoms with Gasteiger partial charge in [-0.25, -0.2) is 0 Å². The van der Waals surface area contributed by atoms with Gasteiger partial charge in [-0.1, -0.05) is 26.2 Å². The molecule has 1 aromatic heterocycles. The Morgan fingerprint density at radius 2 is 2.04 bits per heavy atom. The van der Waals surface area contributed by atoms with E-state index in [1.54, 1.807) is 14.0 Å². The highest BCUT2D eigenvalue weighted by Crippen LogP contribution is 2.17. The van der Waals surface area contributed by atoms with Gasteiger partial charge in [-0.2, -0.15) is 5.10 Å². The molecule has 1 fully saturated rings. The largest absolute Gasteiger partial charge is 0.481 e. The third-order valence-electron chi connectivity index (χ3n) is 4.47. The SMILES string of the molecule is CC(CN(C)C(=O)c1cnn(CC(=O)NC2CCCCC2)c1)C(=O)O. The van der Waals surface area contributed by atoms with Crippen LogP contribution < -0.4 is 5.32 Å². The number of nitrogens with one attached hydrogen (secondary N) is 1. The lowest BCUT2D eigenvalue weighted by Crippen LogP contribution is -2.38. The van der Waals surface area contributed by atoms with Crippen LogP contribution in [0.4, 0.5) is 0 Å². The van der Waals surface area contributed by atoms with Crippen molar-refractivity contribution in [2.75, 3.05) is 13.6 Å². The molecule has 0 aromatic carbocycles. The van der Waals surface area contributed by atoms with Crippen molar-refractivity contribution in [3.05, 3.63) is 18.0 Å². The Balaban J connectivity index is 1.86. The summed E-state index contributed by atoms with van der Waals surface area (Å²) < 4.78 is 1.43. The predicted octanol–water partition coefficient (Wildman–Crippen LogP) is 1.12. The van der Waals surface area contributed by atoms with Crippen LogP contribution in [-0.2, 0) is 16.1 Å². The Morgan fingerprint density at radius 1 is 1.36 bits per heavy atom. The van der Waals surface area contributed by atoms with Gasteiger partial charge in [0.1, 0.15) is 6.54 Å². The van der Waals surface area contributed by atoms with Crippen LogP contribution >= 0.6 is 0 Å². The van der Waals surface area contributed by atoms with Crippen molar-refractivity contribution in [2.45, 2.75) is 51.6 Å². The molecular weight excluding hydrogens is 324 g/mol. The number of carbonyl (C=O) groups excluding carboxylic acids is 2. The van der Waals surface area contributed by atoms with Gasteiger partial charge in [0.2, 0.25) is 5.91 Å². The summed E-state index contributed by atoms with van der Waals surface area (Å²) in [5.41, 5.74) is 0.338. The number of hydrogen-bond donors (Lipinski definition) is 2. The first-order valence-electron chi connectivity index (χ1n) is 8.67. The summed E-state index contributed by atoms with van der Waals surface area (Å²) >= 11 is 0. The molecule has 8 heteroatoms. The molecule has 1 heterocycles. The maximum atomic E-state index is 12.3. The first-order valence-corrected chi connectivity index (χ1v) is 8.67. The van der Waals surface area contributed by atoms with Crippen molar-refractivity contribution in [1.82, 2.24) is 20.0 Å². The van der Waals surface area contributed by atoms with Gasteiger partial charge >= 0.3 is 5.97 Å². The van der Waals surface area contributed by atoms with Crippen molar-refractivity contribution in [3.63, 3.8) is 0 Å². The van der Waals surface area contributed by atoms with Crippen LogP contribution in [0.5, 0.6) is 0 Å². The number of carboxylic acids is 1. The van der Waals surface area contributed by atoms with E-state index in [0.29, 0.717) is 5.56 Å². The zero-order valence-electron chi connectivity index (χ0n) is 14.8. The molecule has 0 bridgehead atoms. The number of rotatable bonds is 7. The normalized spacial score (nSPS) is 16.2. The average molecular weight is 350 g/mol. The molecule has 2 amide bonds. The molecule has 1 atom stereocenters. The quantitative estimate of drug-likeness (QED) is 0.767. The van der Waals surface area contributed by atoms with Crippen molar-refractivity contribution in [2.24, 2.45) is 5.92 Å². The smallest absolute Gasteiger partial charge is 0.308 e. The molecule has 2 N–H and O–H groups in total. The predicted molar refractivity (Wildman–Crippen MR) is 91.0 cm³/mol. The molecule has 2 rings (SSSR count). The fourth-order valence-corrected chi connectivity index (χ4v) is 3.02. The molecule has 1 aliphatic carbocycles. The maximum absolute atomic E-state index is 12.3. The van der Waals surface area contributed by atoms with Crippen LogP contribution in [0.1, 0.15) is 49.4 Å². The van der Waals surface area contributed by atoms with E-state index in [-0.39, 0.29) is 30.9 Å². The first kappa shape index (κ1) is 19.0. The van der Waals surface area contributed by atoms with Crippen LogP contribution in [0, 0.1) is 5.92 Å². The van der Waals surface area contributed by atoms with Crippen LogP contribution in [0.25, 0.3) is 0 Å². The summed E-state index contributed by atoms with van der Waals surface area (Å²) in [5.74, 6) is -2.02. The average Bonchev–Trinajstić information content (AvgIpc) is 3.03. The summed E-state index contributed by atoms with van der Waals surface area (Å²) in [4.78, 5) is 36.6. The van der Waals surface area contributed by atoms with Crippen LogP contribution in [0.3, 0.4) is 0 Å². The second kappa shape index (κ2) is 8.64. The van der Waals surface area contributed by atoms with Gasteiger partial charge in [0, 0.05) is 25.8 Å². The summed E-state index contributed by atoms with van der Waals surface area (Å²) in [6.07, 6.45) is 8.47. The van der Waals surface area contributed by atoms with E-state index in [1.807, 2.05) is 0 Å². The van der Waals surface area contributed by atoms with E-state index < -0.39 is 11.9 Å². The van der Waals surface area contributed by atoms with E-state index in [0.717, 1.165) is 25.7 Å². The minimum absolute atomic E-state index is 0.0685. The van der Waals surface area contributed by atoms with Gasteiger partial charge in [-0.05, 0) is 12.8 Å². The Morgan fingerprint density at radius 3 is 2.68 bits per heavy atom. The molecule has 1 saturated carbocycles. The van der Waals surface area contributed by atoms with Gasteiger partial charge in [-0.3, -0.25) is 19.1 Å². The van der Waals surface area contributed by atoms with Crippen LogP contribution in [-0.4, -0.2) is 57.2 Å². The van der Waals surface area contributed by atoms with E-state index in [4.69, 9.17) is 5.11 Å². The molecule has 25 heavy (non-hydrogen) atoms. The van der Waals surface area contributed by atoms with E-state index >= 15 is 0 Å². The minimum Gasteiger partial charge on any atom is -0.481 e. The van der Waals surface area contributed by atoms with Gasteiger partial charge in [-0.15, -0.1) is 0 Å². The highest BCUT2D eigenvalue weighted by molar-refractivity contribution is 5.93. The molecule has 138 valence electrons. The monoisotopic (exact) mass is 350 g/mol. The Hall–Kier alpha value is -2.38. The maximum Gasteiger partial charge on any atom is 0.308 e. The topological polar surface area (TPSA) is 105 Å². The summed E-state index contributed by atoms with van der Waals surface area (Å²) in [6.45, 7) is 1.73. The molecular formula is C17H26N4O4. The Labute approximate surface area is 147 Å². The first-order chi connectivity index (χ1) is 11.9. The number of hydrogen-bond acceptors (Lipinski definition) is 4. The number of amides is 2. The lowest BCUT2D eigenvalue weighted by atomic mass is 9.95. The van der Waals surface area contributed by atoms with E-state index in [9.17, 15) is 14.4 Å². The molecule has 1 unspecified atom stereocenters. The van der Waals surface area contributed by atoms with E-state index in [2.05, 4.69) is 10.4 Å². The molecule has 8 nitrogen and oxygen atoms in total. The number of carbonyl (C=O) groups is 3. The number of aromatic nitrogens is 2. The number of nitrogens with zero attached hydrogens (tertiary/aromatic N) is 3. The second-order valence-electron chi connectivity index (χ2n) is 6.75.